The second kappa shape index (κ2) is 22.9. The van der Waals surface area contributed by atoms with Gasteiger partial charge in [-0.15, -0.1) is 11.3 Å². The summed E-state index contributed by atoms with van der Waals surface area (Å²) in [5.41, 5.74) is 4.94. The molecule has 0 saturated carbocycles. The number of carbonyl (C=O) groups is 3. The average Bonchev–Trinajstić information content (AvgIpc) is 4.15. The first kappa shape index (κ1) is 50.9. The molecular formula is C59H52BrN7O6S2. The predicted molar refractivity (Wildman–Crippen MR) is 295 cm³/mol. The average molecular weight is 1100 g/mol. The topological polar surface area (TPSA) is 163 Å². The molecule has 2 aliphatic rings. The molecule has 2 aliphatic heterocycles. The summed E-state index contributed by atoms with van der Waals surface area (Å²) < 4.78 is 21.3. The molecule has 2 aromatic heterocycles. The maximum atomic E-state index is 14.8. The lowest BCUT2D eigenvalue weighted by molar-refractivity contribution is -0.152. The highest BCUT2D eigenvalue weighted by Crippen LogP contribution is 2.43. The zero-order chi connectivity index (χ0) is 51.8. The number of ether oxygens (including phenoxy) is 1. The van der Waals surface area contributed by atoms with Crippen LogP contribution in [0.1, 0.15) is 64.5 Å². The smallest absolute Gasteiger partial charge is 0.355 e. The molecule has 10 rings (SSSR count). The first-order valence-electron chi connectivity index (χ1n) is 24.6. The molecule has 378 valence electrons. The summed E-state index contributed by atoms with van der Waals surface area (Å²) in [4.78, 5) is 54.7. The van der Waals surface area contributed by atoms with E-state index in [1.165, 1.54) is 16.2 Å². The Labute approximate surface area is 450 Å². The molecule has 16 heteroatoms. The number of hydrogen-bond donors (Lipinski definition) is 2. The van der Waals surface area contributed by atoms with Crippen molar-refractivity contribution < 1.29 is 28.5 Å². The molecule has 6 aromatic carbocycles. The summed E-state index contributed by atoms with van der Waals surface area (Å²) in [5, 5.41) is 17.5. The first-order chi connectivity index (χ1) is 36.8. The van der Waals surface area contributed by atoms with E-state index in [0.717, 1.165) is 39.8 Å². The normalized spacial score (nSPS) is 16.7. The minimum absolute atomic E-state index is 0.00813. The molecule has 0 aliphatic carbocycles. The zero-order valence-electron chi connectivity index (χ0n) is 40.8. The number of esters is 1. The predicted octanol–water partition coefficient (Wildman–Crippen LogP) is 9.91. The van der Waals surface area contributed by atoms with Crippen molar-refractivity contribution in [1.29, 1.82) is 0 Å². The van der Waals surface area contributed by atoms with Crippen LogP contribution in [0.25, 0.3) is 0 Å². The van der Waals surface area contributed by atoms with Crippen LogP contribution in [-0.4, -0.2) is 76.8 Å². The second-order valence-corrected chi connectivity index (χ2v) is 20.9. The van der Waals surface area contributed by atoms with E-state index in [4.69, 9.17) is 19.7 Å². The number of alkyl halides is 1. The van der Waals surface area contributed by atoms with Crippen LogP contribution in [0, 0.1) is 0 Å². The number of rotatable bonds is 20. The van der Waals surface area contributed by atoms with Gasteiger partial charge in [-0.05, 0) is 57.0 Å². The van der Waals surface area contributed by atoms with E-state index < -0.39 is 51.5 Å². The molecule has 8 aromatic rings. The van der Waals surface area contributed by atoms with Crippen LogP contribution in [0.15, 0.2) is 216 Å². The Balaban J connectivity index is 1.00. The highest BCUT2D eigenvalue weighted by Gasteiger charge is 2.61. The van der Waals surface area contributed by atoms with Crippen LogP contribution in [0.5, 0.6) is 0 Å². The molecule has 1 saturated heterocycles. The number of nitrogens with zero attached hydrogens (tertiary/aromatic N) is 5. The lowest BCUT2D eigenvalue weighted by atomic mass is 9.77. The molecule has 75 heavy (non-hydrogen) atoms. The number of thiazole rings is 1. The van der Waals surface area contributed by atoms with Gasteiger partial charge in [0.15, 0.2) is 23.5 Å². The number of aromatic nitrogens is 3. The lowest BCUT2D eigenvalue weighted by Gasteiger charge is -2.49. The molecule has 2 amide bonds. The van der Waals surface area contributed by atoms with Crippen LogP contribution in [-0.2, 0) is 52.8 Å². The van der Waals surface area contributed by atoms with E-state index in [1.807, 2.05) is 133 Å². The second-order valence-electron chi connectivity index (χ2n) is 17.9. The third kappa shape index (κ3) is 9.94. The molecule has 13 nitrogen and oxygen atoms in total. The molecule has 1 fully saturated rings. The van der Waals surface area contributed by atoms with E-state index in [-0.39, 0.29) is 41.4 Å². The Morgan fingerprint density at radius 3 is 1.77 bits per heavy atom. The summed E-state index contributed by atoms with van der Waals surface area (Å²) in [6.07, 6.45) is 3.35. The summed E-state index contributed by atoms with van der Waals surface area (Å²) in [6, 6.07) is 61.3. The van der Waals surface area contributed by atoms with Crippen molar-refractivity contribution in [2.75, 3.05) is 23.0 Å². The Kier molecular flexibility index (Phi) is 15.5. The Morgan fingerprint density at radius 1 is 0.773 bits per heavy atom. The van der Waals surface area contributed by atoms with Gasteiger partial charge in [0, 0.05) is 22.5 Å². The Bertz CT molecular complexity index is 3120. The van der Waals surface area contributed by atoms with E-state index in [0.29, 0.717) is 22.8 Å². The van der Waals surface area contributed by atoms with Crippen molar-refractivity contribution in [1.82, 2.24) is 25.0 Å². The van der Waals surface area contributed by atoms with Gasteiger partial charge in [0.1, 0.15) is 33.9 Å². The molecule has 0 radical (unpaired) electrons. The third-order valence-corrected chi connectivity index (χ3v) is 16.5. The standard InChI is InChI=1S/C59H52BrN7O6S2/c1-2-3-36-72-56(70)52-41(37-60)40-75(71)55-51(54(69)67(52)55)62-53(68)50(49-39-74-57(61-49)63-58(42-22-10-4-11-23-42,43-24-12-5-13-25-43)44-26-14-6-15-27-44)65-73-38-48-34-35-66(64-48)59(45-28-16-7-17-29-45,46-30-18-8-19-31-46)47-32-20-9-21-33-47/h4-35,39,51,55H,2-3,36-38,40H2,1H3,(H,61,63)(H,62,68)/b65-50+/t51-,55-,75?/m1/s1. The van der Waals surface area contributed by atoms with Crippen molar-refractivity contribution in [3.8, 4) is 0 Å². The highest BCUT2D eigenvalue weighted by atomic mass is 79.9. The van der Waals surface area contributed by atoms with E-state index in [2.05, 4.69) is 105 Å². The van der Waals surface area contributed by atoms with Gasteiger partial charge in [0.05, 0.1) is 6.61 Å². The number of nitrogens with one attached hydrogen (secondary N) is 2. The van der Waals surface area contributed by atoms with Crippen molar-refractivity contribution in [2.24, 2.45) is 5.16 Å². The van der Waals surface area contributed by atoms with Crippen molar-refractivity contribution in [3.05, 3.63) is 256 Å². The van der Waals surface area contributed by atoms with Gasteiger partial charge in [-0.1, -0.05) is 216 Å². The number of benzene rings is 6. The van der Waals surface area contributed by atoms with E-state index >= 15 is 0 Å². The van der Waals surface area contributed by atoms with Gasteiger partial charge in [0.25, 0.3) is 11.8 Å². The number of unbranched alkanes of at least 4 members (excludes halogenated alkanes) is 1. The fraction of sp³-hybridized carbons (Fsp3) is 0.186. The number of anilines is 1. The number of β-lactam (4-membered cyclic amide) rings is 1. The Morgan fingerprint density at radius 2 is 1.28 bits per heavy atom. The van der Waals surface area contributed by atoms with Gasteiger partial charge >= 0.3 is 5.97 Å². The fourth-order valence-electron chi connectivity index (χ4n) is 9.84. The van der Waals surface area contributed by atoms with Crippen LogP contribution in [0.2, 0.25) is 0 Å². The van der Waals surface area contributed by atoms with Gasteiger partial charge in [-0.3, -0.25) is 19.2 Å². The number of oxime groups is 1. The fourth-order valence-corrected chi connectivity index (χ4v) is 13.0. The van der Waals surface area contributed by atoms with Gasteiger partial charge in [-0.2, -0.15) is 5.10 Å². The summed E-state index contributed by atoms with van der Waals surface area (Å²) in [6.45, 7) is 2.00. The molecule has 2 N–H and O–H groups in total. The zero-order valence-corrected chi connectivity index (χ0v) is 44.0. The van der Waals surface area contributed by atoms with Crippen LogP contribution >= 0.6 is 27.3 Å². The summed E-state index contributed by atoms with van der Waals surface area (Å²) in [7, 11) is 0. The van der Waals surface area contributed by atoms with Crippen molar-refractivity contribution in [2.45, 2.75) is 48.9 Å². The van der Waals surface area contributed by atoms with Crippen LogP contribution < -0.4 is 10.6 Å². The summed E-state index contributed by atoms with van der Waals surface area (Å²) in [5.74, 6) is -2.07. The maximum Gasteiger partial charge on any atom is 0.355 e. The van der Waals surface area contributed by atoms with Crippen molar-refractivity contribution in [3.63, 3.8) is 0 Å². The van der Waals surface area contributed by atoms with Crippen LogP contribution in [0.4, 0.5) is 5.13 Å². The van der Waals surface area contributed by atoms with E-state index in [9.17, 15) is 18.9 Å². The number of halogens is 1. The van der Waals surface area contributed by atoms with Gasteiger partial charge in [-0.25, -0.2) is 9.78 Å². The lowest BCUT2D eigenvalue weighted by Crippen LogP contribution is -2.75. The molecular weight excluding hydrogens is 1050 g/mol. The molecule has 0 bridgehead atoms. The van der Waals surface area contributed by atoms with Crippen molar-refractivity contribution >= 4 is 67.1 Å². The Hall–Kier alpha value is -7.63. The SMILES string of the molecule is CCCCOC(=O)C1=C(CBr)C[S+]([O-])[C@@H]2[C@H](NC(=O)/C(=N/OCc3ccn(C(c4ccccc4)(c4ccccc4)c4ccccc4)n3)c3csc(NC(c4ccccc4)(c4ccccc4)c4ccccc4)n3)C(=O)N12. The molecule has 3 atom stereocenters. The third-order valence-electron chi connectivity index (χ3n) is 13.4. The maximum absolute atomic E-state index is 14.8. The van der Waals surface area contributed by atoms with E-state index in [1.54, 1.807) is 5.38 Å². The van der Waals surface area contributed by atoms with Gasteiger partial charge < -0.3 is 24.8 Å². The monoisotopic (exact) mass is 1100 g/mol. The van der Waals surface area contributed by atoms with Gasteiger partial charge in [0.2, 0.25) is 5.37 Å². The quantitative estimate of drug-likeness (QED) is 0.0111. The largest absolute Gasteiger partial charge is 0.614 e. The number of hydrogen-bond acceptors (Lipinski definition) is 11. The first-order valence-corrected chi connectivity index (χ1v) is 27.9. The number of carbonyl (C=O) groups excluding carboxylic acids is 3. The minimum atomic E-state index is -1.68. The molecule has 0 spiro atoms. The molecule has 1 unspecified atom stereocenters. The number of fused-ring (bicyclic) bond motifs is 1. The highest BCUT2D eigenvalue weighted by molar-refractivity contribution is 9.09. The number of amides is 2. The summed E-state index contributed by atoms with van der Waals surface area (Å²) >= 11 is 3.00. The molecule has 4 heterocycles. The van der Waals surface area contributed by atoms with Crippen LogP contribution in [0.3, 0.4) is 0 Å². The minimum Gasteiger partial charge on any atom is -0.614 e.